The van der Waals surface area contributed by atoms with Crippen molar-refractivity contribution in [1.29, 1.82) is 0 Å². The molecule has 0 unspecified atom stereocenters. The Bertz CT molecular complexity index is 410. The molecule has 1 aromatic rings. The van der Waals surface area contributed by atoms with Gasteiger partial charge in [0, 0.05) is 18.8 Å². The van der Waals surface area contributed by atoms with Gasteiger partial charge in [-0.25, -0.2) is 0 Å². The van der Waals surface area contributed by atoms with Gasteiger partial charge in [0.2, 0.25) is 5.91 Å². The first kappa shape index (κ1) is 13.1. The molecule has 0 spiro atoms. The highest BCUT2D eigenvalue weighted by atomic mass is 16.5. The maximum Gasteiger partial charge on any atom is 0.250 e. The van der Waals surface area contributed by atoms with E-state index in [1.54, 1.807) is 0 Å². The van der Waals surface area contributed by atoms with Crippen LogP contribution in [-0.4, -0.2) is 31.2 Å². The maximum atomic E-state index is 11.7. The van der Waals surface area contributed by atoms with E-state index in [4.69, 9.17) is 4.74 Å². The van der Waals surface area contributed by atoms with Crippen molar-refractivity contribution in [1.82, 2.24) is 5.32 Å². The van der Waals surface area contributed by atoms with Crippen LogP contribution in [0.15, 0.2) is 24.3 Å². The average Bonchev–Trinajstić information content (AvgIpc) is 2.35. The van der Waals surface area contributed by atoms with Crippen molar-refractivity contribution in [2.45, 2.75) is 25.9 Å². The topological polar surface area (TPSA) is 50.4 Å². The van der Waals surface area contributed by atoms with Crippen LogP contribution in [0.3, 0.4) is 0 Å². The van der Waals surface area contributed by atoms with E-state index in [9.17, 15) is 4.79 Å². The summed E-state index contributed by atoms with van der Waals surface area (Å²) in [6.07, 6.45) is 1.00. The largest absolute Gasteiger partial charge is 0.363 e. The van der Waals surface area contributed by atoms with Crippen LogP contribution < -0.4 is 10.6 Å². The summed E-state index contributed by atoms with van der Waals surface area (Å²) in [7, 11) is 0. The Morgan fingerprint density at radius 1 is 1.39 bits per heavy atom. The van der Waals surface area contributed by atoms with Crippen LogP contribution in [0.4, 0.5) is 5.69 Å². The number of rotatable bonds is 5. The second-order valence-electron chi connectivity index (χ2n) is 4.94. The minimum atomic E-state index is -0.177. The second-order valence-corrected chi connectivity index (χ2v) is 4.94. The van der Waals surface area contributed by atoms with Gasteiger partial charge in [-0.2, -0.15) is 0 Å². The number of nitrogens with one attached hydrogen (secondary N) is 2. The van der Waals surface area contributed by atoms with Crippen LogP contribution in [0.25, 0.3) is 0 Å². The standard InChI is InChI=1S/C14H20N2O2/c1-3-11-4-6-12(7-5-11)16-13(17)8-18-14(2)9-15-10-14/h4-7,15H,3,8-10H2,1-2H3,(H,16,17). The lowest BCUT2D eigenvalue weighted by Crippen LogP contribution is -2.59. The Labute approximate surface area is 108 Å². The number of ether oxygens (including phenoxy) is 1. The molecule has 1 aliphatic rings. The first-order valence-electron chi connectivity index (χ1n) is 6.35. The van der Waals surface area contributed by atoms with E-state index < -0.39 is 0 Å². The third-order valence-corrected chi connectivity index (χ3v) is 3.20. The van der Waals surface area contributed by atoms with Gasteiger partial charge in [-0.05, 0) is 31.0 Å². The lowest BCUT2D eigenvalue weighted by Gasteiger charge is -2.38. The van der Waals surface area contributed by atoms with Gasteiger partial charge >= 0.3 is 0 Å². The van der Waals surface area contributed by atoms with Crippen molar-refractivity contribution in [3.63, 3.8) is 0 Å². The summed E-state index contributed by atoms with van der Waals surface area (Å²) < 4.78 is 5.57. The van der Waals surface area contributed by atoms with E-state index >= 15 is 0 Å². The monoisotopic (exact) mass is 248 g/mol. The molecule has 18 heavy (non-hydrogen) atoms. The summed E-state index contributed by atoms with van der Waals surface area (Å²) in [4.78, 5) is 11.7. The van der Waals surface area contributed by atoms with E-state index in [0.29, 0.717) is 0 Å². The number of hydrogen-bond acceptors (Lipinski definition) is 3. The summed E-state index contributed by atoms with van der Waals surface area (Å²) in [5.74, 6) is -0.104. The molecule has 0 saturated carbocycles. The molecule has 0 radical (unpaired) electrons. The zero-order valence-corrected chi connectivity index (χ0v) is 11.0. The van der Waals surface area contributed by atoms with Crippen LogP contribution >= 0.6 is 0 Å². The molecular weight excluding hydrogens is 228 g/mol. The summed E-state index contributed by atoms with van der Waals surface area (Å²) in [5, 5.41) is 5.96. The summed E-state index contributed by atoms with van der Waals surface area (Å²) in [6.45, 7) is 5.84. The van der Waals surface area contributed by atoms with Gasteiger partial charge in [0.25, 0.3) is 0 Å². The smallest absolute Gasteiger partial charge is 0.250 e. The van der Waals surface area contributed by atoms with Crippen molar-refractivity contribution in [3.05, 3.63) is 29.8 Å². The molecular formula is C14H20N2O2. The fourth-order valence-corrected chi connectivity index (χ4v) is 1.84. The van der Waals surface area contributed by atoms with Gasteiger partial charge in [-0.3, -0.25) is 4.79 Å². The lowest BCUT2D eigenvalue weighted by molar-refractivity contribution is -0.130. The molecule has 4 nitrogen and oxygen atoms in total. The molecule has 1 saturated heterocycles. The third kappa shape index (κ3) is 3.31. The second kappa shape index (κ2) is 5.50. The molecule has 1 fully saturated rings. The van der Waals surface area contributed by atoms with Gasteiger partial charge in [0.15, 0.2) is 0 Å². The first-order valence-corrected chi connectivity index (χ1v) is 6.35. The van der Waals surface area contributed by atoms with E-state index in [-0.39, 0.29) is 18.1 Å². The highest BCUT2D eigenvalue weighted by Crippen LogP contribution is 2.15. The van der Waals surface area contributed by atoms with Crippen LogP contribution in [0, 0.1) is 0 Å². The molecule has 2 N–H and O–H groups in total. The van der Waals surface area contributed by atoms with E-state index in [2.05, 4.69) is 17.6 Å². The minimum Gasteiger partial charge on any atom is -0.363 e. The van der Waals surface area contributed by atoms with Crippen LogP contribution in [0.5, 0.6) is 0 Å². The van der Waals surface area contributed by atoms with Gasteiger partial charge in [-0.1, -0.05) is 19.1 Å². The molecule has 4 heteroatoms. The molecule has 98 valence electrons. The number of carbonyl (C=O) groups is 1. The van der Waals surface area contributed by atoms with Gasteiger partial charge in [0.1, 0.15) is 6.61 Å². The van der Waals surface area contributed by atoms with Crippen LogP contribution in [-0.2, 0) is 16.0 Å². The van der Waals surface area contributed by atoms with Crippen LogP contribution in [0.1, 0.15) is 19.4 Å². The minimum absolute atomic E-state index is 0.104. The van der Waals surface area contributed by atoms with Gasteiger partial charge in [-0.15, -0.1) is 0 Å². The first-order chi connectivity index (χ1) is 8.61. The molecule has 1 amide bonds. The molecule has 0 aliphatic carbocycles. The normalized spacial score (nSPS) is 17.0. The Hall–Kier alpha value is -1.39. The van der Waals surface area contributed by atoms with E-state index in [0.717, 1.165) is 25.2 Å². The van der Waals surface area contributed by atoms with Gasteiger partial charge in [0.05, 0.1) is 5.60 Å². The number of hydrogen-bond donors (Lipinski definition) is 2. The fourth-order valence-electron chi connectivity index (χ4n) is 1.84. The molecule has 1 heterocycles. The van der Waals surface area contributed by atoms with Crippen molar-refractivity contribution in [2.24, 2.45) is 0 Å². The number of benzene rings is 1. The summed E-state index contributed by atoms with van der Waals surface area (Å²) in [5.41, 5.74) is 1.90. The number of carbonyl (C=O) groups excluding carboxylic acids is 1. The fraction of sp³-hybridized carbons (Fsp3) is 0.500. The van der Waals surface area contributed by atoms with Gasteiger partial charge < -0.3 is 15.4 Å². The van der Waals surface area contributed by atoms with E-state index in [1.165, 1.54) is 5.56 Å². The van der Waals surface area contributed by atoms with Crippen molar-refractivity contribution in [3.8, 4) is 0 Å². The Morgan fingerprint density at radius 3 is 2.56 bits per heavy atom. The molecule has 2 rings (SSSR count). The third-order valence-electron chi connectivity index (χ3n) is 3.20. The predicted molar refractivity (Wildman–Crippen MR) is 71.7 cm³/mol. The molecule has 0 aromatic heterocycles. The van der Waals surface area contributed by atoms with Crippen molar-refractivity contribution >= 4 is 11.6 Å². The van der Waals surface area contributed by atoms with Crippen molar-refractivity contribution in [2.75, 3.05) is 25.0 Å². The maximum absolute atomic E-state index is 11.7. The Kier molecular flexibility index (Phi) is 3.99. The average molecular weight is 248 g/mol. The lowest BCUT2D eigenvalue weighted by atomic mass is 10.0. The predicted octanol–water partition coefficient (Wildman–Crippen LogP) is 1.57. The Balaban J connectivity index is 1.79. The van der Waals surface area contributed by atoms with E-state index in [1.807, 2.05) is 31.2 Å². The molecule has 1 aromatic carbocycles. The molecule has 0 bridgehead atoms. The summed E-state index contributed by atoms with van der Waals surface area (Å²) in [6, 6.07) is 7.88. The van der Waals surface area contributed by atoms with Crippen LogP contribution in [0.2, 0.25) is 0 Å². The molecule has 0 atom stereocenters. The molecule has 1 aliphatic heterocycles. The highest BCUT2D eigenvalue weighted by Gasteiger charge is 2.32. The quantitative estimate of drug-likeness (QED) is 0.831. The SMILES string of the molecule is CCc1ccc(NC(=O)COC2(C)CNC2)cc1. The van der Waals surface area contributed by atoms with Crippen molar-refractivity contribution < 1.29 is 9.53 Å². The zero-order valence-electron chi connectivity index (χ0n) is 11.0. The Morgan fingerprint density at radius 2 is 2.06 bits per heavy atom. The zero-order chi connectivity index (χ0) is 13.0. The number of anilines is 1. The number of amides is 1. The number of aryl methyl sites for hydroxylation is 1. The summed E-state index contributed by atoms with van der Waals surface area (Å²) >= 11 is 0. The highest BCUT2D eigenvalue weighted by molar-refractivity contribution is 5.91.